The second-order valence-corrected chi connectivity index (χ2v) is 15.5. The molecule has 2 atom stereocenters. The number of fused-ring (bicyclic) bond motifs is 1. The van der Waals surface area contributed by atoms with Crippen molar-refractivity contribution in [1.82, 2.24) is 4.90 Å². The van der Waals surface area contributed by atoms with Crippen LogP contribution in [-0.4, -0.2) is 60.6 Å². The highest BCUT2D eigenvalue weighted by Crippen LogP contribution is 2.51. The van der Waals surface area contributed by atoms with E-state index in [-0.39, 0.29) is 34.0 Å². The number of carbonyl (C=O) groups excluding carboxylic acids is 1. The van der Waals surface area contributed by atoms with E-state index < -0.39 is 47.0 Å². The van der Waals surface area contributed by atoms with Crippen LogP contribution in [0.2, 0.25) is 0 Å². The molecule has 2 heterocycles. The van der Waals surface area contributed by atoms with Crippen LogP contribution in [0.1, 0.15) is 53.5 Å². The van der Waals surface area contributed by atoms with Crippen LogP contribution < -0.4 is 15.8 Å². The maximum Gasteiger partial charge on any atom is 0.261 e. The average molecular weight is 541 g/mol. The topological polar surface area (TPSA) is 162 Å². The van der Waals surface area contributed by atoms with Gasteiger partial charge in [-0.05, 0) is 34.9 Å². The summed E-state index contributed by atoms with van der Waals surface area (Å²) in [6.45, 7) is 11.9. The molecule has 10 nitrogen and oxygen atoms in total. The summed E-state index contributed by atoms with van der Waals surface area (Å²) >= 11 is 0. The third-order valence-electron chi connectivity index (χ3n) is 6.64. The maximum atomic E-state index is 14.0. The summed E-state index contributed by atoms with van der Waals surface area (Å²) in [5.74, 6) is -1.02. The van der Waals surface area contributed by atoms with Crippen molar-refractivity contribution in [3.63, 3.8) is 0 Å². The molecule has 0 spiro atoms. The number of benzene rings is 1. The SMILES string of the molecule is CCC(C)(C)CN1C(=O)C(C2=NP(=O)(CCO)c3cc(CS(N)(=O)=O)ccc3N2)=C(O)C1C(C)(C)C. The molecule has 12 heteroatoms. The zero-order valence-corrected chi connectivity index (χ0v) is 23.4. The van der Waals surface area contributed by atoms with Gasteiger partial charge in [-0.25, -0.2) is 18.3 Å². The number of amidine groups is 1. The number of anilines is 1. The largest absolute Gasteiger partial charge is 0.509 e. The molecule has 0 saturated carbocycles. The van der Waals surface area contributed by atoms with Crippen LogP contribution in [0.25, 0.3) is 0 Å². The summed E-state index contributed by atoms with van der Waals surface area (Å²) in [5, 5.41) is 29.4. The molecule has 1 amide bonds. The number of rotatable bonds is 8. The first-order chi connectivity index (χ1) is 16.4. The summed E-state index contributed by atoms with van der Waals surface area (Å²) in [6.07, 6.45) is 0.615. The second-order valence-electron chi connectivity index (χ2n) is 11.4. The number of nitrogens with one attached hydrogen (secondary N) is 1. The predicted molar refractivity (Wildman–Crippen MR) is 142 cm³/mol. The lowest BCUT2D eigenvalue weighted by molar-refractivity contribution is -0.130. The number of nitrogens with two attached hydrogens (primary N) is 1. The summed E-state index contributed by atoms with van der Waals surface area (Å²) < 4.78 is 41.5. The molecule has 0 bridgehead atoms. The Morgan fingerprint density at radius 2 is 1.86 bits per heavy atom. The average Bonchev–Trinajstić information content (AvgIpc) is 2.96. The molecule has 200 valence electrons. The number of aliphatic hydroxyl groups is 2. The van der Waals surface area contributed by atoms with Crippen LogP contribution in [0.3, 0.4) is 0 Å². The van der Waals surface area contributed by atoms with Crippen molar-refractivity contribution < 1.29 is 28.0 Å². The minimum atomic E-state index is -3.82. The number of carbonyl (C=O) groups is 1. The molecule has 2 aliphatic rings. The van der Waals surface area contributed by atoms with Gasteiger partial charge in [0, 0.05) is 12.7 Å². The first-order valence-corrected chi connectivity index (χ1v) is 15.4. The van der Waals surface area contributed by atoms with Crippen LogP contribution in [0.4, 0.5) is 5.69 Å². The summed E-state index contributed by atoms with van der Waals surface area (Å²) in [5.41, 5.74) is -0.0398. The van der Waals surface area contributed by atoms with E-state index >= 15 is 0 Å². The summed E-state index contributed by atoms with van der Waals surface area (Å²) in [4.78, 5) is 15.4. The van der Waals surface area contributed by atoms with E-state index in [1.165, 1.54) is 12.1 Å². The lowest BCUT2D eigenvalue weighted by Gasteiger charge is -2.39. The molecule has 1 aromatic rings. The van der Waals surface area contributed by atoms with Gasteiger partial charge in [0.15, 0.2) is 0 Å². The molecule has 0 aliphatic carbocycles. The molecular formula is C24H37N4O6PS. The van der Waals surface area contributed by atoms with Crippen molar-refractivity contribution in [1.29, 1.82) is 0 Å². The van der Waals surface area contributed by atoms with Crippen molar-refractivity contribution >= 4 is 40.1 Å². The molecule has 0 fully saturated rings. The Morgan fingerprint density at radius 3 is 2.39 bits per heavy atom. The van der Waals surface area contributed by atoms with Gasteiger partial charge >= 0.3 is 0 Å². The fraction of sp³-hybridized carbons (Fsp3) is 0.583. The van der Waals surface area contributed by atoms with E-state index in [9.17, 15) is 28.0 Å². The molecule has 2 unspecified atom stereocenters. The number of primary sulfonamides is 1. The van der Waals surface area contributed by atoms with Crippen LogP contribution in [-0.2, 0) is 25.1 Å². The fourth-order valence-electron chi connectivity index (χ4n) is 4.57. The van der Waals surface area contributed by atoms with Gasteiger partial charge in [-0.15, -0.1) is 0 Å². The third kappa shape index (κ3) is 5.69. The predicted octanol–water partition coefficient (Wildman–Crippen LogP) is 2.70. The van der Waals surface area contributed by atoms with Gasteiger partial charge in [-0.1, -0.05) is 47.6 Å². The fourth-order valence-corrected chi connectivity index (χ4v) is 7.28. The van der Waals surface area contributed by atoms with E-state index in [1.807, 2.05) is 27.7 Å². The highest BCUT2D eigenvalue weighted by atomic mass is 32.2. The highest BCUT2D eigenvalue weighted by Gasteiger charge is 2.49. The minimum Gasteiger partial charge on any atom is -0.509 e. The molecule has 5 N–H and O–H groups in total. The molecule has 36 heavy (non-hydrogen) atoms. The summed E-state index contributed by atoms with van der Waals surface area (Å²) in [6, 6.07) is 3.92. The number of sulfonamides is 1. The van der Waals surface area contributed by atoms with Crippen LogP contribution in [0.15, 0.2) is 34.3 Å². The van der Waals surface area contributed by atoms with Gasteiger partial charge in [-0.2, -0.15) is 0 Å². The number of nitrogens with zero attached hydrogens (tertiary/aromatic N) is 2. The highest BCUT2D eigenvalue weighted by molar-refractivity contribution is 7.88. The van der Waals surface area contributed by atoms with E-state index in [2.05, 4.69) is 23.9 Å². The van der Waals surface area contributed by atoms with E-state index in [4.69, 9.17) is 5.14 Å². The van der Waals surface area contributed by atoms with Gasteiger partial charge in [0.25, 0.3) is 5.91 Å². The van der Waals surface area contributed by atoms with Crippen molar-refractivity contribution in [3.05, 3.63) is 35.1 Å². The molecule has 2 aliphatic heterocycles. The zero-order valence-electron chi connectivity index (χ0n) is 21.7. The monoisotopic (exact) mass is 540 g/mol. The Balaban J connectivity index is 2.13. The van der Waals surface area contributed by atoms with E-state index in [1.54, 1.807) is 11.0 Å². The normalized spacial score (nSPS) is 23.0. The Morgan fingerprint density at radius 1 is 1.22 bits per heavy atom. The van der Waals surface area contributed by atoms with Crippen molar-refractivity contribution in [2.75, 3.05) is 24.6 Å². The van der Waals surface area contributed by atoms with Crippen molar-refractivity contribution in [2.24, 2.45) is 20.7 Å². The molecule has 3 rings (SSSR count). The standard InChI is InChI=1S/C24H37N4O6PS/c1-7-24(5,6)14-28-20(23(2,3)4)19(30)18(22(28)31)21-26-16-9-8-15(13-36(25,33)34)12-17(16)35(32,27-21)11-10-29/h8-9,12,20,29-30H,7,10-11,13-14H2,1-6H3,(H2,25,33,34)(H,26,27,32). The van der Waals surface area contributed by atoms with Gasteiger partial charge in [0.05, 0.1) is 29.4 Å². The molecule has 0 saturated heterocycles. The minimum absolute atomic E-state index is 0.0213. The first kappa shape index (κ1) is 28.4. The molecular weight excluding hydrogens is 503 g/mol. The quantitative estimate of drug-likeness (QED) is 0.368. The molecule has 0 aromatic heterocycles. The number of aliphatic hydroxyl groups excluding tert-OH is 2. The van der Waals surface area contributed by atoms with Crippen molar-refractivity contribution in [2.45, 2.75) is 59.8 Å². The second kappa shape index (κ2) is 9.59. The third-order valence-corrected chi connectivity index (χ3v) is 9.83. The Kier molecular flexibility index (Phi) is 7.56. The van der Waals surface area contributed by atoms with Gasteiger partial charge < -0.3 is 20.4 Å². The lowest BCUT2D eigenvalue weighted by atomic mass is 9.83. The van der Waals surface area contributed by atoms with E-state index in [0.29, 0.717) is 17.8 Å². The Labute approximate surface area is 213 Å². The Bertz CT molecular complexity index is 1280. The Hall–Kier alpha value is -2.20. The maximum absolute atomic E-state index is 14.0. The van der Waals surface area contributed by atoms with Crippen molar-refractivity contribution in [3.8, 4) is 0 Å². The number of hydrogen-bond donors (Lipinski definition) is 4. The number of hydrogen-bond acceptors (Lipinski definition) is 7. The van der Waals surface area contributed by atoms with E-state index in [0.717, 1.165) is 6.42 Å². The van der Waals surface area contributed by atoms with Crippen LogP contribution in [0.5, 0.6) is 0 Å². The van der Waals surface area contributed by atoms with Gasteiger partial charge in [-0.3, -0.25) is 9.36 Å². The summed E-state index contributed by atoms with van der Waals surface area (Å²) in [7, 11) is -7.48. The smallest absolute Gasteiger partial charge is 0.261 e. The number of amides is 1. The lowest BCUT2D eigenvalue weighted by Crippen LogP contribution is -2.48. The van der Waals surface area contributed by atoms with Crippen LogP contribution in [0, 0.1) is 10.8 Å². The van der Waals surface area contributed by atoms with Gasteiger partial charge in [0.1, 0.15) is 17.2 Å². The first-order valence-electron chi connectivity index (χ1n) is 11.9. The van der Waals surface area contributed by atoms with Crippen LogP contribution >= 0.6 is 7.29 Å². The zero-order chi connectivity index (χ0) is 27.3. The molecule has 0 radical (unpaired) electrons. The van der Waals surface area contributed by atoms with Gasteiger partial charge in [0.2, 0.25) is 17.3 Å². The molecule has 1 aromatic carbocycles.